The fourth-order valence-electron chi connectivity index (χ4n) is 4.15. The van der Waals surface area contributed by atoms with Gasteiger partial charge in [-0.15, -0.1) is 0 Å². The van der Waals surface area contributed by atoms with Crippen molar-refractivity contribution >= 4 is 27.4 Å². The summed E-state index contributed by atoms with van der Waals surface area (Å²) in [5.74, 6) is 0.111. The minimum Gasteiger partial charge on any atom is -0.508 e. The third kappa shape index (κ3) is 2.56. The van der Waals surface area contributed by atoms with Crippen molar-refractivity contribution in [3.8, 4) is 11.5 Å². The maximum atomic E-state index is 13.0. The Hall–Kier alpha value is -3.80. The van der Waals surface area contributed by atoms with Crippen molar-refractivity contribution in [2.45, 2.75) is 12.5 Å². The van der Waals surface area contributed by atoms with Crippen LogP contribution in [-0.2, 0) is 7.05 Å². The van der Waals surface area contributed by atoms with E-state index in [0.717, 1.165) is 16.3 Å². The molecule has 5 rings (SSSR count). The number of phenolic OH excluding ortho intramolecular Hbond substituents is 1. The molecule has 0 fully saturated rings. The van der Waals surface area contributed by atoms with Crippen LogP contribution in [-0.4, -0.2) is 20.5 Å². The van der Waals surface area contributed by atoms with Crippen LogP contribution in [0.4, 0.5) is 0 Å². The van der Waals surface area contributed by atoms with Crippen molar-refractivity contribution < 1.29 is 10.2 Å². The molecular weight excluding hydrogens is 366 g/mol. The number of benzene rings is 3. The summed E-state index contributed by atoms with van der Waals surface area (Å²) in [6.07, 6.45) is 0.378. The Labute approximate surface area is 166 Å². The summed E-state index contributed by atoms with van der Waals surface area (Å²) in [7, 11) is 1.69. The predicted octanol–water partition coefficient (Wildman–Crippen LogP) is 3.54. The number of fused-ring (bicyclic) bond motifs is 2. The summed E-state index contributed by atoms with van der Waals surface area (Å²) < 4.78 is 1.52. The van der Waals surface area contributed by atoms with E-state index in [1.165, 1.54) is 4.57 Å². The Balaban J connectivity index is 1.61. The second kappa shape index (κ2) is 6.38. The van der Waals surface area contributed by atoms with Gasteiger partial charge in [0, 0.05) is 24.4 Å². The summed E-state index contributed by atoms with van der Waals surface area (Å²) >= 11 is 0. The van der Waals surface area contributed by atoms with Crippen LogP contribution >= 0.6 is 0 Å². The highest BCUT2D eigenvalue weighted by Crippen LogP contribution is 2.37. The highest BCUT2D eigenvalue weighted by molar-refractivity contribution is 6.07. The molecule has 0 spiro atoms. The summed E-state index contributed by atoms with van der Waals surface area (Å²) in [5.41, 5.74) is 4.81. The van der Waals surface area contributed by atoms with Crippen LogP contribution in [0.15, 0.2) is 70.6 Å². The fourth-order valence-corrected chi connectivity index (χ4v) is 4.15. The molecule has 0 amide bonds. The minimum absolute atomic E-state index is 0.0629. The second-order valence-electron chi connectivity index (χ2n) is 7.27. The number of hydrazone groups is 1. The average molecular weight is 385 g/mol. The second-order valence-corrected chi connectivity index (χ2v) is 7.27. The summed E-state index contributed by atoms with van der Waals surface area (Å²) in [6, 6.07) is 18.3. The number of rotatable bonds is 2. The quantitative estimate of drug-likeness (QED) is 0.493. The first-order valence-corrected chi connectivity index (χ1v) is 9.40. The highest BCUT2D eigenvalue weighted by atomic mass is 16.3. The van der Waals surface area contributed by atoms with E-state index in [1.54, 1.807) is 25.2 Å². The van der Waals surface area contributed by atoms with Crippen molar-refractivity contribution in [3.63, 3.8) is 0 Å². The number of nitrogens with zero attached hydrogens (tertiary/aromatic N) is 2. The largest absolute Gasteiger partial charge is 0.508 e. The molecule has 6 nitrogen and oxygen atoms in total. The minimum atomic E-state index is -0.301. The molecule has 0 radical (unpaired) electrons. The van der Waals surface area contributed by atoms with Gasteiger partial charge in [-0.3, -0.25) is 4.79 Å². The molecular formula is C23H19N3O3. The molecule has 4 aromatic rings. The molecule has 1 aliphatic heterocycles. The average Bonchev–Trinajstić information content (AvgIpc) is 3.21. The van der Waals surface area contributed by atoms with Crippen LogP contribution in [0.25, 0.3) is 21.7 Å². The predicted molar refractivity (Wildman–Crippen MR) is 113 cm³/mol. The number of aromatic nitrogens is 1. The molecule has 3 aromatic carbocycles. The zero-order valence-electron chi connectivity index (χ0n) is 15.8. The first-order chi connectivity index (χ1) is 14.1. The number of aromatic hydroxyl groups is 2. The third-order valence-electron chi connectivity index (χ3n) is 5.61. The van der Waals surface area contributed by atoms with Crippen molar-refractivity contribution in [1.29, 1.82) is 0 Å². The van der Waals surface area contributed by atoms with Crippen molar-refractivity contribution in [3.05, 3.63) is 82.1 Å². The lowest BCUT2D eigenvalue weighted by Gasteiger charge is -2.16. The molecule has 1 aromatic heterocycles. The highest BCUT2D eigenvalue weighted by Gasteiger charge is 2.29. The molecule has 2 heterocycles. The number of hydrogen-bond acceptors (Lipinski definition) is 5. The van der Waals surface area contributed by atoms with Crippen molar-refractivity contribution in [2.24, 2.45) is 12.1 Å². The number of hydrogen-bond donors (Lipinski definition) is 3. The van der Waals surface area contributed by atoms with Gasteiger partial charge in [-0.2, -0.15) is 5.10 Å². The maximum Gasteiger partial charge on any atom is 0.263 e. The van der Waals surface area contributed by atoms with Crippen LogP contribution in [0.3, 0.4) is 0 Å². The van der Waals surface area contributed by atoms with E-state index in [2.05, 4.69) is 10.5 Å². The summed E-state index contributed by atoms with van der Waals surface area (Å²) in [6.45, 7) is 0. The SMILES string of the molecule is Cn1c(=O)c(C2=NN[C@@H](c3c(O)ccc4ccccc34)C2)c(O)c2ccccc21. The van der Waals surface area contributed by atoms with E-state index in [1.807, 2.05) is 42.5 Å². The maximum absolute atomic E-state index is 13.0. The van der Waals surface area contributed by atoms with Gasteiger partial charge in [0.15, 0.2) is 0 Å². The zero-order chi connectivity index (χ0) is 20.1. The molecule has 0 unspecified atom stereocenters. The molecule has 0 bridgehead atoms. The molecule has 3 N–H and O–H groups in total. The summed E-state index contributed by atoms with van der Waals surface area (Å²) in [4.78, 5) is 13.0. The van der Waals surface area contributed by atoms with E-state index in [-0.39, 0.29) is 28.7 Å². The lowest BCUT2D eigenvalue weighted by Crippen LogP contribution is -2.24. The van der Waals surface area contributed by atoms with Crippen LogP contribution in [0.2, 0.25) is 0 Å². The van der Waals surface area contributed by atoms with Gasteiger partial charge in [-0.05, 0) is 29.0 Å². The first-order valence-electron chi connectivity index (χ1n) is 9.40. The van der Waals surface area contributed by atoms with Crippen LogP contribution in [0, 0.1) is 0 Å². The number of phenols is 1. The van der Waals surface area contributed by atoms with Crippen molar-refractivity contribution in [1.82, 2.24) is 9.99 Å². The topological polar surface area (TPSA) is 86.9 Å². The molecule has 0 saturated carbocycles. The third-order valence-corrected chi connectivity index (χ3v) is 5.61. The van der Waals surface area contributed by atoms with E-state index in [4.69, 9.17) is 0 Å². The molecule has 1 aliphatic rings. The van der Waals surface area contributed by atoms with Crippen LogP contribution in [0.5, 0.6) is 11.5 Å². The van der Waals surface area contributed by atoms with Gasteiger partial charge < -0.3 is 20.2 Å². The Morgan fingerprint density at radius 3 is 2.55 bits per heavy atom. The first kappa shape index (κ1) is 17.3. The summed E-state index contributed by atoms with van der Waals surface area (Å²) in [5, 5.41) is 28.2. The number of aryl methyl sites for hydroxylation is 1. The van der Waals surface area contributed by atoms with Gasteiger partial charge in [0.05, 0.1) is 17.3 Å². The smallest absolute Gasteiger partial charge is 0.263 e. The number of para-hydroxylation sites is 1. The van der Waals surface area contributed by atoms with E-state index in [0.29, 0.717) is 23.0 Å². The standard InChI is InChI=1S/C23H19N3O3/c1-26-18-9-5-4-8-15(18)22(28)21(23(26)29)17-12-16(24-25-17)20-14-7-3-2-6-13(14)10-11-19(20)27/h2-11,16,24,27-28H,12H2,1H3/t16-/m1/s1. The monoisotopic (exact) mass is 385 g/mol. The Bertz CT molecular complexity index is 1370. The Morgan fingerprint density at radius 2 is 1.72 bits per heavy atom. The van der Waals surface area contributed by atoms with Gasteiger partial charge in [0.1, 0.15) is 17.1 Å². The van der Waals surface area contributed by atoms with Gasteiger partial charge in [-0.25, -0.2) is 0 Å². The molecule has 0 saturated heterocycles. The fraction of sp³-hybridized carbons (Fsp3) is 0.130. The van der Waals surface area contributed by atoms with Gasteiger partial charge >= 0.3 is 0 Å². The van der Waals surface area contributed by atoms with Gasteiger partial charge in [-0.1, -0.05) is 42.5 Å². The van der Waals surface area contributed by atoms with Crippen LogP contribution < -0.4 is 11.0 Å². The lowest BCUT2D eigenvalue weighted by molar-refractivity contribution is 0.457. The zero-order valence-corrected chi connectivity index (χ0v) is 15.8. The molecule has 29 heavy (non-hydrogen) atoms. The van der Waals surface area contributed by atoms with E-state index < -0.39 is 0 Å². The van der Waals surface area contributed by atoms with Gasteiger partial charge in [0.2, 0.25) is 0 Å². The molecule has 144 valence electrons. The van der Waals surface area contributed by atoms with E-state index >= 15 is 0 Å². The van der Waals surface area contributed by atoms with Gasteiger partial charge in [0.25, 0.3) is 5.56 Å². The number of pyridine rings is 1. The Morgan fingerprint density at radius 1 is 1.00 bits per heavy atom. The van der Waals surface area contributed by atoms with E-state index in [9.17, 15) is 15.0 Å². The Kier molecular flexibility index (Phi) is 3.81. The molecule has 6 heteroatoms. The molecule has 0 aliphatic carbocycles. The van der Waals surface area contributed by atoms with Crippen molar-refractivity contribution in [2.75, 3.05) is 0 Å². The molecule has 1 atom stereocenters. The lowest BCUT2D eigenvalue weighted by atomic mass is 9.93. The number of nitrogens with one attached hydrogen (secondary N) is 1. The van der Waals surface area contributed by atoms with Crippen LogP contribution in [0.1, 0.15) is 23.6 Å². The normalized spacial score (nSPS) is 16.2.